The summed E-state index contributed by atoms with van der Waals surface area (Å²) in [4.78, 5) is 8.90. The van der Waals surface area contributed by atoms with E-state index in [-0.39, 0.29) is 17.5 Å². The van der Waals surface area contributed by atoms with Gasteiger partial charge in [-0.2, -0.15) is 15.2 Å². The summed E-state index contributed by atoms with van der Waals surface area (Å²) in [7, 11) is 1.95. The molecule has 1 aromatic carbocycles. The quantitative estimate of drug-likeness (QED) is 0.262. The summed E-state index contributed by atoms with van der Waals surface area (Å²) in [6.07, 6.45) is -1.28. The van der Waals surface area contributed by atoms with E-state index in [1.54, 1.807) is 0 Å². The number of ether oxygens (including phenoxy) is 1. The lowest BCUT2D eigenvalue weighted by atomic mass is 10.1. The van der Waals surface area contributed by atoms with E-state index in [2.05, 4.69) is 43.0 Å². The largest absolute Gasteiger partial charge is 0.573 e. The fraction of sp³-hybridized carbons (Fsp3) is 0.296. The topological polar surface area (TPSA) is 96.7 Å². The standard InChI is InChI=1S/C27H26F3N7O2/c1-16-13-24(26-32-25(35-39-26)20-5-8-22(9-6-20)38-27(28,29)30)34-37(16)15-19-11-12-31-21(14-19)7-10-23-17(2)33-36(4)18(23)3/h5-6,8-9,11-14H,7,10,15H2,1-4H3. The van der Waals surface area contributed by atoms with Crippen LogP contribution in [0.5, 0.6) is 5.75 Å². The zero-order chi connectivity index (χ0) is 27.7. The molecule has 0 saturated heterocycles. The van der Waals surface area contributed by atoms with E-state index in [0.717, 1.165) is 35.5 Å². The Morgan fingerprint density at radius 2 is 1.74 bits per heavy atom. The Labute approximate surface area is 222 Å². The molecule has 0 fully saturated rings. The molecule has 12 heteroatoms. The summed E-state index contributed by atoms with van der Waals surface area (Å²) in [5.74, 6) is 0.111. The monoisotopic (exact) mass is 537 g/mol. The molecule has 4 heterocycles. The van der Waals surface area contributed by atoms with Crippen molar-refractivity contribution in [2.75, 3.05) is 0 Å². The van der Waals surface area contributed by atoms with Crippen LogP contribution in [0, 0.1) is 20.8 Å². The second kappa shape index (κ2) is 10.4. The molecule has 0 aliphatic heterocycles. The van der Waals surface area contributed by atoms with Crippen LogP contribution < -0.4 is 4.74 Å². The van der Waals surface area contributed by atoms with Gasteiger partial charge in [-0.05, 0) is 87.2 Å². The number of pyridine rings is 1. The minimum Gasteiger partial charge on any atom is -0.406 e. The van der Waals surface area contributed by atoms with E-state index >= 15 is 0 Å². The minimum atomic E-state index is -4.76. The molecule has 0 unspecified atom stereocenters. The Morgan fingerprint density at radius 3 is 2.44 bits per heavy atom. The summed E-state index contributed by atoms with van der Waals surface area (Å²) in [5, 5.41) is 13.1. The number of aryl methyl sites for hydroxylation is 4. The third-order valence-corrected chi connectivity index (χ3v) is 6.48. The smallest absolute Gasteiger partial charge is 0.406 e. The predicted molar refractivity (Wildman–Crippen MR) is 136 cm³/mol. The molecule has 4 aromatic heterocycles. The number of aromatic nitrogens is 7. The number of benzene rings is 1. The molecule has 0 aliphatic rings. The van der Waals surface area contributed by atoms with Gasteiger partial charge in [-0.3, -0.25) is 14.3 Å². The molecule has 0 saturated carbocycles. The number of alkyl halides is 3. The highest BCUT2D eigenvalue weighted by atomic mass is 19.4. The van der Waals surface area contributed by atoms with Gasteiger partial charge in [0.15, 0.2) is 5.69 Å². The van der Waals surface area contributed by atoms with Gasteiger partial charge in [0.05, 0.1) is 12.2 Å². The molecule has 5 aromatic rings. The second-order valence-electron chi connectivity index (χ2n) is 9.25. The SMILES string of the molecule is Cc1nn(C)c(C)c1CCc1cc(Cn2nc(-c3nc(-c4ccc(OC(F)(F)F)cc4)no3)cc2C)ccn1. The van der Waals surface area contributed by atoms with Gasteiger partial charge in [0.2, 0.25) is 5.82 Å². The highest BCUT2D eigenvalue weighted by molar-refractivity contribution is 5.59. The number of rotatable bonds is 8. The molecule has 0 N–H and O–H groups in total. The van der Waals surface area contributed by atoms with E-state index in [1.807, 2.05) is 48.6 Å². The zero-order valence-electron chi connectivity index (χ0n) is 21.8. The minimum absolute atomic E-state index is 0.208. The van der Waals surface area contributed by atoms with Crippen LogP contribution in [0.3, 0.4) is 0 Å². The predicted octanol–water partition coefficient (Wildman–Crippen LogP) is 5.39. The van der Waals surface area contributed by atoms with Crippen molar-refractivity contribution in [3.63, 3.8) is 0 Å². The summed E-state index contributed by atoms with van der Waals surface area (Å²) in [6, 6.07) is 11.1. The maximum absolute atomic E-state index is 12.4. The van der Waals surface area contributed by atoms with Gasteiger partial charge in [-0.1, -0.05) is 5.16 Å². The van der Waals surface area contributed by atoms with Gasteiger partial charge in [0, 0.05) is 35.9 Å². The Hall–Kier alpha value is -4.48. The van der Waals surface area contributed by atoms with E-state index in [4.69, 9.17) is 4.52 Å². The first-order chi connectivity index (χ1) is 18.6. The Balaban J connectivity index is 1.27. The summed E-state index contributed by atoms with van der Waals surface area (Å²) < 4.78 is 50.2. The molecule has 0 amide bonds. The Morgan fingerprint density at radius 1 is 0.974 bits per heavy atom. The lowest BCUT2D eigenvalue weighted by Gasteiger charge is -2.08. The van der Waals surface area contributed by atoms with E-state index < -0.39 is 6.36 Å². The number of nitrogens with zero attached hydrogens (tertiary/aromatic N) is 7. The molecule has 9 nitrogen and oxygen atoms in total. The summed E-state index contributed by atoms with van der Waals surface area (Å²) in [5.41, 5.74) is 7.40. The highest BCUT2D eigenvalue weighted by Gasteiger charge is 2.31. The molecule has 5 rings (SSSR count). The van der Waals surface area contributed by atoms with Crippen molar-refractivity contribution in [2.45, 2.75) is 46.5 Å². The third-order valence-electron chi connectivity index (χ3n) is 6.48. The molecule has 0 aliphatic carbocycles. The van der Waals surface area contributed by atoms with Crippen molar-refractivity contribution < 1.29 is 22.4 Å². The van der Waals surface area contributed by atoms with Gasteiger partial charge < -0.3 is 9.26 Å². The first kappa shape index (κ1) is 26.1. The first-order valence-corrected chi connectivity index (χ1v) is 12.2. The highest BCUT2D eigenvalue weighted by Crippen LogP contribution is 2.27. The van der Waals surface area contributed by atoms with Crippen molar-refractivity contribution in [2.24, 2.45) is 7.05 Å². The van der Waals surface area contributed by atoms with Crippen LogP contribution in [-0.4, -0.2) is 41.0 Å². The zero-order valence-corrected chi connectivity index (χ0v) is 21.8. The third kappa shape index (κ3) is 6.00. The van der Waals surface area contributed by atoms with Crippen molar-refractivity contribution in [1.29, 1.82) is 0 Å². The molecule has 0 bridgehead atoms. The van der Waals surface area contributed by atoms with Crippen LogP contribution in [0.4, 0.5) is 13.2 Å². The summed E-state index contributed by atoms with van der Waals surface area (Å²) >= 11 is 0. The normalized spacial score (nSPS) is 11.8. The van der Waals surface area contributed by atoms with Gasteiger partial charge in [-0.15, -0.1) is 13.2 Å². The fourth-order valence-electron chi connectivity index (χ4n) is 4.39. The lowest BCUT2D eigenvalue weighted by Crippen LogP contribution is -2.16. The van der Waals surface area contributed by atoms with Crippen molar-refractivity contribution >= 4 is 0 Å². The average Bonchev–Trinajstić information content (AvgIpc) is 3.56. The van der Waals surface area contributed by atoms with Crippen LogP contribution in [-0.2, 0) is 26.4 Å². The van der Waals surface area contributed by atoms with Crippen LogP contribution in [0.2, 0.25) is 0 Å². The van der Waals surface area contributed by atoms with Gasteiger partial charge in [-0.25, -0.2) is 0 Å². The van der Waals surface area contributed by atoms with Crippen LogP contribution >= 0.6 is 0 Å². The lowest BCUT2D eigenvalue weighted by molar-refractivity contribution is -0.274. The first-order valence-electron chi connectivity index (χ1n) is 12.2. The van der Waals surface area contributed by atoms with Crippen molar-refractivity contribution in [3.05, 3.63) is 82.6 Å². The molecule has 0 radical (unpaired) electrons. The molecular formula is C27H26F3N7O2. The molecule has 202 valence electrons. The Kier molecular flexibility index (Phi) is 6.94. The number of hydrogen-bond acceptors (Lipinski definition) is 7. The second-order valence-corrected chi connectivity index (χ2v) is 9.25. The van der Waals surface area contributed by atoms with Crippen LogP contribution in [0.15, 0.2) is 53.2 Å². The number of hydrogen-bond donors (Lipinski definition) is 0. The number of halogens is 3. The molecule has 39 heavy (non-hydrogen) atoms. The van der Waals surface area contributed by atoms with E-state index in [0.29, 0.717) is 17.8 Å². The molecule has 0 spiro atoms. The summed E-state index contributed by atoms with van der Waals surface area (Å²) in [6.45, 7) is 6.57. The molecule has 0 atom stereocenters. The average molecular weight is 538 g/mol. The van der Waals surface area contributed by atoms with Gasteiger partial charge in [0.1, 0.15) is 5.75 Å². The van der Waals surface area contributed by atoms with Crippen molar-refractivity contribution in [3.8, 4) is 28.7 Å². The molecular weight excluding hydrogens is 511 g/mol. The van der Waals surface area contributed by atoms with Gasteiger partial charge in [0.25, 0.3) is 5.89 Å². The van der Waals surface area contributed by atoms with Crippen molar-refractivity contribution in [1.82, 2.24) is 34.7 Å². The Bertz CT molecular complexity index is 1600. The maximum Gasteiger partial charge on any atom is 0.573 e. The maximum atomic E-state index is 12.4. The van der Waals surface area contributed by atoms with Crippen LogP contribution in [0.25, 0.3) is 23.0 Å². The van der Waals surface area contributed by atoms with E-state index in [1.165, 1.54) is 35.5 Å². The van der Waals surface area contributed by atoms with Crippen LogP contribution in [0.1, 0.15) is 33.9 Å². The fourth-order valence-corrected chi connectivity index (χ4v) is 4.39. The van der Waals surface area contributed by atoms with E-state index in [9.17, 15) is 13.2 Å². The van der Waals surface area contributed by atoms with Gasteiger partial charge >= 0.3 is 6.36 Å².